The number of hydrogen-bond donors (Lipinski definition) is 0. The molecule has 0 N–H and O–H groups in total. The van der Waals surface area contributed by atoms with E-state index < -0.39 is 11.7 Å². The van der Waals surface area contributed by atoms with Crippen molar-refractivity contribution in [1.29, 1.82) is 0 Å². The van der Waals surface area contributed by atoms with E-state index in [1.54, 1.807) is 13.0 Å². The molecule has 5 heteroatoms. The second-order valence-electron chi connectivity index (χ2n) is 3.31. The molecule has 0 aliphatic heterocycles. The Morgan fingerprint density at radius 3 is 2.81 bits per heavy atom. The van der Waals surface area contributed by atoms with Gasteiger partial charge in [0.1, 0.15) is 6.61 Å². The van der Waals surface area contributed by atoms with Gasteiger partial charge >= 0.3 is 5.97 Å². The zero-order valence-corrected chi connectivity index (χ0v) is 10.6. The standard InChI is InChI=1S/C11H12BrFO3/c1-7(11(14)15-2)6-16-10-4-3-8(12)5-9(10)13/h3-5,7H,6H2,1-2H3. The van der Waals surface area contributed by atoms with Crippen LogP contribution in [0.2, 0.25) is 0 Å². The second kappa shape index (κ2) is 5.84. The molecule has 16 heavy (non-hydrogen) atoms. The normalized spacial score (nSPS) is 12.0. The molecule has 1 aromatic carbocycles. The molecule has 3 nitrogen and oxygen atoms in total. The summed E-state index contributed by atoms with van der Waals surface area (Å²) in [6, 6.07) is 4.47. The van der Waals surface area contributed by atoms with Crippen LogP contribution in [0.5, 0.6) is 5.75 Å². The molecule has 0 aliphatic rings. The van der Waals surface area contributed by atoms with Crippen molar-refractivity contribution in [3.05, 3.63) is 28.5 Å². The van der Waals surface area contributed by atoms with Gasteiger partial charge in [-0.15, -0.1) is 0 Å². The lowest BCUT2D eigenvalue weighted by atomic mass is 10.2. The molecule has 0 fully saturated rings. The summed E-state index contributed by atoms with van der Waals surface area (Å²) in [5.74, 6) is -1.14. The van der Waals surface area contributed by atoms with E-state index in [-0.39, 0.29) is 18.3 Å². The first kappa shape index (κ1) is 13.0. The average Bonchev–Trinajstić information content (AvgIpc) is 2.26. The van der Waals surface area contributed by atoms with Crippen LogP contribution in [-0.4, -0.2) is 19.7 Å². The monoisotopic (exact) mass is 290 g/mol. The maximum atomic E-state index is 13.3. The van der Waals surface area contributed by atoms with Gasteiger partial charge in [-0.25, -0.2) is 4.39 Å². The van der Waals surface area contributed by atoms with Gasteiger partial charge in [-0.2, -0.15) is 0 Å². The summed E-state index contributed by atoms with van der Waals surface area (Å²) < 4.78 is 23.7. The Bertz CT molecular complexity index is 381. The molecule has 1 atom stereocenters. The number of esters is 1. The van der Waals surface area contributed by atoms with Gasteiger partial charge in [0.25, 0.3) is 0 Å². The molecule has 0 bridgehead atoms. The molecular formula is C11H12BrFO3. The number of benzene rings is 1. The molecule has 1 rings (SSSR count). The van der Waals surface area contributed by atoms with Crippen molar-refractivity contribution in [1.82, 2.24) is 0 Å². The molecule has 0 spiro atoms. The summed E-state index contributed by atoms with van der Waals surface area (Å²) in [5, 5.41) is 0. The summed E-state index contributed by atoms with van der Waals surface area (Å²) in [7, 11) is 1.30. The zero-order chi connectivity index (χ0) is 12.1. The minimum atomic E-state index is -0.466. The van der Waals surface area contributed by atoms with E-state index in [1.807, 2.05) is 0 Å². The lowest BCUT2D eigenvalue weighted by molar-refractivity contribution is -0.145. The van der Waals surface area contributed by atoms with E-state index in [0.717, 1.165) is 0 Å². The number of ether oxygens (including phenoxy) is 2. The van der Waals surface area contributed by atoms with Crippen molar-refractivity contribution in [3.8, 4) is 5.75 Å². The van der Waals surface area contributed by atoms with E-state index in [1.165, 1.54) is 19.2 Å². The molecule has 0 amide bonds. The van der Waals surface area contributed by atoms with Gasteiger partial charge in [0.2, 0.25) is 0 Å². The smallest absolute Gasteiger partial charge is 0.311 e. The fourth-order valence-electron chi connectivity index (χ4n) is 1.08. The van der Waals surface area contributed by atoms with Crippen molar-refractivity contribution in [2.45, 2.75) is 6.92 Å². The Kier molecular flexibility index (Phi) is 4.73. The maximum Gasteiger partial charge on any atom is 0.311 e. The maximum absolute atomic E-state index is 13.3. The fraction of sp³-hybridized carbons (Fsp3) is 0.364. The van der Waals surface area contributed by atoms with Crippen molar-refractivity contribution in [3.63, 3.8) is 0 Å². The Balaban J connectivity index is 2.58. The lowest BCUT2D eigenvalue weighted by Crippen LogP contribution is -2.20. The summed E-state index contributed by atoms with van der Waals surface area (Å²) in [6.45, 7) is 1.74. The summed E-state index contributed by atoms with van der Waals surface area (Å²) >= 11 is 3.14. The molecule has 0 aromatic heterocycles. The molecule has 0 heterocycles. The highest BCUT2D eigenvalue weighted by molar-refractivity contribution is 9.10. The van der Waals surface area contributed by atoms with Crippen LogP contribution in [0, 0.1) is 11.7 Å². The third-order valence-electron chi connectivity index (χ3n) is 1.99. The van der Waals surface area contributed by atoms with E-state index in [2.05, 4.69) is 20.7 Å². The van der Waals surface area contributed by atoms with Crippen molar-refractivity contribution in [2.75, 3.05) is 13.7 Å². The second-order valence-corrected chi connectivity index (χ2v) is 4.23. The van der Waals surface area contributed by atoms with Crippen LogP contribution in [0.1, 0.15) is 6.92 Å². The Hall–Kier alpha value is -1.10. The lowest BCUT2D eigenvalue weighted by Gasteiger charge is -2.11. The molecule has 0 saturated heterocycles. The van der Waals surface area contributed by atoms with Crippen LogP contribution in [-0.2, 0) is 9.53 Å². The number of carbonyl (C=O) groups excluding carboxylic acids is 1. The minimum absolute atomic E-state index is 0.0885. The number of halogens is 2. The van der Waals surface area contributed by atoms with Crippen LogP contribution in [0.25, 0.3) is 0 Å². The number of hydrogen-bond acceptors (Lipinski definition) is 3. The molecule has 88 valence electrons. The fourth-order valence-corrected chi connectivity index (χ4v) is 1.41. The third kappa shape index (κ3) is 3.48. The highest BCUT2D eigenvalue weighted by Crippen LogP contribution is 2.21. The van der Waals surface area contributed by atoms with Crippen LogP contribution < -0.4 is 4.74 Å². The molecule has 1 aromatic rings. The number of rotatable bonds is 4. The van der Waals surface area contributed by atoms with Crippen molar-refractivity contribution < 1.29 is 18.7 Å². The highest BCUT2D eigenvalue weighted by Gasteiger charge is 2.14. The van der Waals surface area contributed by atoms with Gasteiger partial charge in [0.15, 0.2) is 11.6 Å². The average molecular weight is 291 g/mol. The Morgan fingerprint density at radius 2 is 2.25 bits per heavy atom. The Labute approximate surface area is 102 Å². The predicted molar refractivity (Wildman–Crippen MR) is 60.8 cm³/mol. The molecule has 1 unspecified atom stereocenters. The molecule has 0 radical (unpaired) electrons. The zero-order valence-electron chi connectivity index (χ0n) is 9.00. The highest BCUT2D eigenvalue weighted by atomic mass is 79.9. The largest absolute Gasteiger partial charge is 0.490 e. The van der Waals surface area contributed by atoms with Gasteiger partial charge in [-0.3, -0.25) is 4.79 Å². The number of carbonyl (C=O) groups is 1. The van der Waals surface area contributed by atoms with Gasteiger partial charge in [-0.1, -0.05) is 15.9 Å². The van der Waals surface area contributed by atoms with E-state index >= 15 is 0 Å². The SMILES string of the molecule is COC(=O)C(C)COc1ccc(Br)cc1F. The molecule has 0 aliphatic carbocycles. The summed E-state index contributed by atoms with van der Waals surface area (Å²) in [5.41, 5.74) is 0. The number of methoxy groups -OCH3 is 1. The van der Waals surface area contributed by atoms with Crippen LogP contribution in [0.15, 0.2) is 22.7 Å². The molecular weight excluding hydrogens is 279 g/mol. The summed E-state index contributed by atoms with van der Waals surface area (Å²) in [6.07, 6.45) is 0. The summed E-state index contributed by atoms with van der Waals surface area (Å²) in [4.78, 5) is 11.1. The van der Waals surface area contributed by atoms with Crippen LogP contribution in [0.4, 0.5) is 4.39 Å². The Morgan fingerprint density at radius 1 is 1.56 bits per heavy atom. The van der Waals surface area contributed by atoms with Gasteiger partial charge < -0.3 is 9.47 Å². The predicted octanol–water partition coefficient (Wildman–Crippen LogP) is 2.78. The van der Waals surface area contributed by atoms with E-state index in [9.17, 15) is 9.18 Å². The first-order valence-corrected chi connectivity index (χ1v) is 5.49. The van der Waals surface area contributed by atoms with Gasteiger partial charge in [0.05, 0.1) is 13.0 Å². The van der Waals surface area contributed by atoms with E-state index in [0.29, 0.717) is 4.47 Å². The van der Waals surface area contributed by atoms with Gasteiger partial charge in [0, 0.05) is 4.47 Å². The van der Waals surface area contributed by atoms with Crippen molar-refractivity contribution >= 4 is 21.9 Å². The topological polar surface area (TPSA) is 35.5 Å². The van der Waals surface area contributed by atoms with Crippen LogP contribution >= 0.6 is 15.9 Å². The first-order chi connectivity index (χ1) is 7.54. The minimum Gasteiger partial charge on any atom is -0.490 e. The molecule has 0 saturated carbocycles. The quantitative estimate of drug-likeness (QED) is 0.800. The van der Waals surface area contributed by atoms with E-state index in [4.69, 9.17) is 4.74 Å². The van der Waals surface area contributed by atoms with Crippen LogP contribution in [0.3, 0.4) is 0 Å². The first-order valence-electron chi connectivity index (χ1n) is 4.70. The van der Waals surface area contributed by atoms with Crippen molar-refractivity contribution in [2.24, 2.45) is 5.92 Å². The van der Waals surface area contributed by atoms with Gasteiger partial charge in [-0.05, 0) is 25.1 Å². The third-order valence-corrected chi connectivity index (χ3v) is 2.48.